The Balaban J connectivity index is 1.86. The van der Waals surface area contributed by atoms with E-state index < -0.39 is 0 Å². The smallest absolute Gasteiger partial charge is 0.251 e. The molecule has 1 aromatic heterocycles. The summed E-state index contributed by atoms with van der Waals surface area (Å²) in [5, 5.41) is 2.75. The molecule has 0 radical (unpaired) electrons. The summed E-state index contributed by atoms with van der Waals surface area (Å²) < 4.78 is 13.9. The van der Waals surface area contributed by atoms with Crippen LogP contribution < -0.4 is 10.1 Å². The molecule has 1 atom stereocenters. The maximum absolute atomic E-state index is 12.5. The number of aryl methyl sites for hydroxylation is 2. The number of benzene rings is 2. The van der Waals surface area contributed by atoms with E-state index in [1.54, 1.807) is 14.2 Å². The number of hydrogen-bond acceptors (Lipinski definition) is 4. The standard InChI is InChI=1S/C22H25N3O3/c1-13-24-20-18(25(13)3)11-17(22(26)23-2)16-9-10-19(28-21(16)20)15-8-6-5-7-14(15)12-27-4/h5-8,11,19H,9-10,12H2,1-4H3,(H,23,26)/t19-/m0/s1. The Morgan fingerprint density at radius 3 is 2.93 bits per heavy atom. The van der Waals surface area contributed by atoms with Crippen LogP contribution in [-0.4, -0.2) is 29.6 Å². The average Bonchev–Trinajstić information content (AvgIpc) is 3.01. The van der Waals surface area contributed by atoms with Gasteiger partial charge in [-0.2, -0.15) is 0 Å². The molecule has 3 aromatic rings. The molecule has 0 saturated carbocycles. The second-order valence-corrected chi connectivity index (χ2v) is 7.17. The largest absolute Gasteiger partial charge is 0.483 e. The summed E-state index contributed by atoms with van der Waals surface area (Å²) in [6, 6.07) is 10.1. The van der Waals surface area contributed by atoms with Crippen LogP contribution in [0.1, 0.15) is 45.4 Å². The van der Waals surface area contributed by atoms with Gasteiger partial charge in [-0.1, -0.05) is 24.3 Å². The van der Waals surface area contributed by atoms with Crippen molar-refractivity contribution >= 4 is 16.9 Å². The van der Waals surface area contributed by atoms with Crippen LogP contribution in [0.15, 0.2) is 30.3 Å². The highest BCUT2D eigenvalue weighted by atomic mass is 16.5. The predicted octanol–water partition coefficient (Wildman–Crippen LogP) is 3.45. The van der Waals surface area contributed by atoms with Gasteiger partial charge in [0.2, 0.25) is 0 Å². The molecule has 146 valence electrons. The molecule has 0 fully saturated rings. The van der Waals surface area contributed by atoms with E-state index in [2.05, 4.69) is 17.4 Å². The molecule has 0 bridgehead atoms. The fourth-order valence-electron chi connectivity index (χ4n) is 3.99. The van der Waals surface area contributed by atoms with Crippen molar-refractivity contribution < 1.29 is 14.3 Å². The third-order valence-electron chi connectivity index (χ3n) is 5.55. The van der Waals surface area contributed by atoms with E-state index in [9.17, 15) is 4.79 Å². The minimum absolute atomic E-state index is 0.0932. The van der Waals surface area contributed by atoms with E-state index in [-0.39, 0.29) is 12.0 Å². The number of aromatic nitrogens is 2. The van der Waals surface area contributed by atoms with Gasteiger partial charge >= 0.3 is 0 Å². The zero-order chi connectivity index (χ0) is 19.8. The van der Waals surface area contributed by atoms with Gasteiger partial charge in [0.25, 0.3) is 5.91 Å². The Hall–Kier alpha value is -2.86. The first kappa shape index (κ1) is 18.5. The zero-order valence-corrected chi connectivity index (χ0v) is 16.7. The first-order valence-corrected chi connectivity index (χ1v) is 9.49. The molecule has 1 N–H and O–H groups in total. The van der Waals surface area contributed by atoms with Crippen molar-refractivity contribution in [2.75, 3.05) is 14.2 Å². The number of rotatable bonds is 4. The Kier molecular flexibility index (Phi) is 4.81. The highest BCUT2D eigenvalue weighted by Crippen LogP contribution is 2.42. The van der Waals surface area contributed by atoms with Crippen molar-refractivity contribution in [2.24, 2.45) is 7.05 Å². The number of carbonyl (C=O) groups is 1. The van der Waals surface area contributed by atoms with Crippen LogP contribution in [0.2, 0.25) is 0 Å². The second kappa shape index (κ2) is 7.28. The molecule has 2 heterocycles. The molecule has 1 aliphatic rings. The Morgan fingerprint density at radius 1 is 1.39 bits per heavy atom. The molecule has 0 unspecified atom stereocenters. The lowest BCUT2D eigenvalue weighted by Gasteiger charge is -2.29. The number of nitrogens with one attached hydrogen (secondary N) is 1. The maximum atomic E-state index is 12.5. The van der Waals surface area contributed by atoms with Gasteiger partial charge in [-0.05, 0) is 37.0 Å². The number of methoxy groups -OCH3 is 1. The van der Waals surface area contributed by atoms with Gasteiger partial charge in [-0.15, -0.1) is 0 Å². The number of imidazole rings is 1. The fourth-order valence-corrected chi connectivity index (χ4v) is 3.99. The van der Waals surface area contributed by atoms with Crippen LogP contribution in [0.5, 0.6) is 5.75 Å². The van der Waals surface area contributed by atoms with Crippen LogP contribution in [0.3, 0.4) is 0 Å². The minimum Gasteiger partial charge on any atom is -0.483 e. The second-order valence-electron chi connectivity index (χ2n) is 7.17. The summed E-state index contributed by atoms with van der Waals surface area (Å²) >= 11 is 0. The predicted molar refractivity (Wildman–Crippen MR) is 108 cm³/mol. The average molecular weight is 379 g/mol. The topological polar surface area (TPSA) is 65.4 Å². The lowest BCUT2D eigenvalue weighted by atomic mass is 9.91. The van der Waals surface area contributed by atoms with Crippen LogP contribution in [0.4, 0.5) is 0 Å². The fraction of sp³-hybridized carbons (Fsp3) is 0.364. The summed E-state index contributed by atoms with van der Waals surface area (Å²) in [5.74, 6) is 1.51. The van der Waals surface area contributed by atoms with E-state index in [1.807, 2.05) is 36.7 Å². The van der Waals surface area contributed by atoms with Crippen LogP contribution in [0.25, 0.3) is 11.0 Å². The highest BCUT2D eigenvalue weighted by molar-refractivity contribution is 6.01. The van der Waals surface area contributed by atoms with E-state index in [0.717, 1.165) is 52.1 Å². The van der Waals surface area contributed by atoms with Crippen molar-refractivity contribution in [1.82, 2.24) is 14.9 Å². The van der Waals surface area contributed by atoms with E-state index in [0.29, 0.717) is 12.2 Å². The molecule has 6 nitrogen and oxygen atoms in total. The van der Waals surface area contributed by atoms with Crippen molar-refractivity contribution in [2.45, 2.75) is 32.5 Å². The zero-order valence-electron chi connectivity index (χ0n) is 16.7. The third-order valence-corrected chi connectivity index (χ3v) is 5.55. The molecule has 4 rings (SSSR count). The minimum atomic E-state index is -0.0983. The number of ether oxygens (including phenoxy) is 2. The molecule has 2 aromatic carbocycles. The Labute approximate surface area is 164 Å². The number of amides is 1. The lowest BCUT2D eigenvalue weighted by molar-refractivity contribution is 0.0959. The molecule has 6 heteroatoms. The molecule has 0 aliphatic carbocycles. The Morgan fingerprint density at radius 2 is 2.18 bits per heavy atom. The molecule has 28 heavy (non-hydrogen) atoms. The highest BCUT2D eigenvalue weighted by Gasteiger charge is 2.30. The normalized spacial score (nSPS) is 15.9. The molecule has 1 aliphatic heterocycles. The SMILES string of the molecule is CNC(=O)c1cc2c(nc(C)n2C)c2c1CC[C@@H](c1ccccc1COC)O2. The summed E-state index contributed by atoms with van der Waals surface area (Å²) in [6.45, 7) is 2.50. The van der Waals surface area contributed by atoms with Gasteiger partial charge < -0.3 is 19.4 Å². The molecular weight excluding hydrogens is 354 g/mol. The molecular formula is C22H25N3O3. The van der Waals surface area contributed by atoms with E-state index in [1.165, 1.54) is 0 Å². The van der Waals surface area contributed by atoms with Crippen LogP contribution in [0, 0.1) is 6.92 Å². The van der Waals surface area contributed by atoms with Gasteiger partial charge in [0.05, 0.1) is 12.1 Å². The lowest BCUT2D eigenvalue weighted by Crippen LogP contribution is -2.24. The van der Waals surface area contributed by atoms with Crippen LogP contribution >= 0.6 is 0 Å². The quantitative estimate of drug-likeness (QED) is 0.754. The summed E-state index contributed by atoms with van der Waals surface area (Å²) in [4.78, 5) is 17.2. The summed E-state index contributed by atoms with van der Waals surface area (Å²) in [6.07, 6.45) is 1.47. The van der Waals surface area contributed by atoms with Gasteiger partial charge in [0, 0.05) is 32.3 Å². The molecule has 1 amide bonds. The van der Waals surface area contributed by atoms with E-state index >= 15 is 0 Å². The van der Waals surface area contributed by atoms with Gasteiger partial charge in [0.1, 0.15) is 17.4 Å². The summed E-state index contributed by atoms with van der Waals surface area (Å²) in [5.41, 5.74) is 5.56. The van der Waals surface area contributed by atoms with E-state index in [4.69, 9.17) is 14.5 Å². The molecule has 0 saturated heterocycles. The van der Waals surface area contributed by atoms with Crippen LogP contribution in [-0.2, 0) is 24.8 Å². The summed E-state index contributed by atoms with van der Waals surface area (Å²) in [7, 11) is 5.31. The van der Waals surface area contributed by atoms with Crippen molar-refractivity contribution in [3.8, 4) is 5.75 Å². The maximum Gasteiger partial charge on any atom is 0.251 e. The number of carbonyl (C=O) groups excluding carboxylic acids is 1. The number of nitrogens with zero attached hydrogens (tertiary/aromatic N) is 2. The number of hydrogen-bond donors (Lipinski definition) is 1. The van der Waals surface area contributed by atoms with Gasteiger partial charge in [-0.25, -0.2) is 4.98 Å². The number of fused-ring (bicyclic) bond motifs is 3. The van der Waals surface area contributed by atoms with Gasteiger partial charge in [0.15, 0.2) is 5.75 Å². The van der Waals surface area contributed by atoms with Crippen molar-refractivity contribution in [3.05, 3.63) is 58.4 Å². The molecule has 0 spiro atoms. The third kappa shape index (κ3) is 2.94. The Bertz CT molecular complexity index is 1050. The van der Waals surface area contributed by atoms with Crippen molar-refractivity contribution in [1.29, 1.82) is 0 Å². The first-order valence-electron chi connectivity index (χ1n) is 9.49. The first-order chi connectivity index (χ1) is 13.5. The monoisotopic (exact) mass is 379 g/mol. The van der Waals surface area contributed by atoms with Crippen molar-refractivity contribution in [3.63, 3.8) is 0 Å². The van der Waals surface area contributed by atoms with Gasteiger partial charge in [-0.3, -0.25) is 4.79 Å².